The summed E-state index contributed by atoms with van der Waals surface area (Å²) in [6.07, 6.45) is 1.62. The van der Waals surface area contributed by atoms with Gasteiger partial charge in [0.1, 0.15) is 5.82 Å². The maximum Gasteiger partial charge on any atom is 0.128 e. The van der Waals surface area contributed by atoms with Crippen LogP contribution < -0.4 is 10.6 Å². The van der Waals surface area contributed by atoms with Crippen LogP contribution in [-0.4, -0.2) is 32.3 Å². The molecule has 1 aromatic rings. The average molecular weight is 282 g/mol. The number of rotatable bonds is 8. The van der Waals surface area contributed by atoms with Crippen LogP contribution in [0.5, 0.6) is 0 Å². The Balaban J connectivity index is 2.79. The zero-order valence-corrected chi connectivity index (χ0v) is 13.0. The molecule has 0 spiro atoms. The van der Waals surface area contributed by atoms with Crippen molar-refractivity contribution in [3.63, 3.8) is 0 Å². The fourth-order valence-corrected chi connectivity index (χ4v) is 2.06. The van der Waals surface area contributed by atoms with Crippen LogP contribution in [0.25, 0.3) is 0 Å². The van der Waals surface area contributed by atoms with Gasteiger partial charge in [-0.25, -0.2) is 4.39 Å². The summed E-state index contributed by atoms with van der Waals surface area (Å²) in [5.41, 5.74) is 7.58. The number of ether oxygens (including phenoxy) is 1. The molecular formula is C16H27FN2O. The van der Waals surface area contributed by atoms with Gasteiger partial charge in [-0.15, -0.1) is 0 Å². The molecule has 0 aliphatic rings. The molecule has 0 aliphatic carbocycles. The van der Waals surface area contributed by atoms with Crippen molar-refractivity contribution < 1.29 is 9.13 Å². The summed E-state index contributed by atoms with van der Waals surface area (Å²) in [5.74, 6) is -0.178. The first-order valence-electron chi connectivity index (χ1n) is 7.31. The topological polar surface area (TPSA) is 38.5 Å². The second-order valence-corrected chi connectivity index (χ2v) is 5.45. The summed E-state index contributed by atoms with van der Waals surface area (Å²) in [6, 6.07) is 5.17. The molecule has 0 radical (unpaired) electrons. The summed E-state index contributed by atoms with van der Waals surface area (Å²) in [6.45, 7) is 7.40. The van der Waals surface area contributed by atoms with E-state index in [1.54, 1.807) is 6.07 Å². The van der Waals surface area contributed by atoms with Crippen LogP contribution in [0.3, 0.4) is 0 Å². The van der Waals surface area contributed by atoms with Crippen molar-refractivity contribution in [1.82, 2.24) is 0 Å². The van der Waals surface area contributed by atoms with Crippen LogP contribution in [0.2, 0.25) is 0 Å². The molecule has 4 heteroatoms. The molecule has 0 bridgehead atoms. The number of halogens is 1. The van der Waals surface area contributed by atoms with Gasteiger partial charge < -0.3 is 15.4 Å². The Morgan fingerprint density at radius 1 is 1.35 bits per heavy atom. The number of likely N-dealkylation sites (N-methyl/N-ethyl adjacent to an activating group) is 1. The fourth-order valence-electron chi connectivity index (χ4n) is 2.06. The van der Waals surface area contributed by atoms with Crippen molar-refractivity contribution in [2.45, 2.75) is 45.8 Å². The summed E-state index contributed by atoms with van der Waals surface area (Å²) in [5, 5.41) is 0. The van der Waals surface area contributed by atoms with Crippen LogP contribution in [-0.2, 0) is 11.2 Å². The van der Waals surface area contributed by atoms with Crippen LogP contribution in [0.1, 0.15) is 32.8 Å². The summed E-state index contributed by atoms with van der Waals surface area (Å²) in [4.78, 5) is 2.03. The Kier molecular flexibility index (Phi) is 6.96. The first kappa shape index (κ1) is 16.9. The Bertz CT molecular complexity index is 409. The molecule has 2 N–H and O–H groups in total. The molecule has 0 saturated heterocycles. The normalized spacial score (nSPS) is 12.8. The number of nitrogens with zero attached hydrogens (tertiary/aromatic N) is 1. The second-order valence-electron chi connectivity index (χ2n) is 5.45. The molecule has 0 saturated carbocycles. The Morgan fingerprint density at radius 3 is 2.65 bits per heavy atom. The lowest BCUT2D eigenvalue weighted by Crippen LogP contribution is -2.27. The van der Waals surface area contributed by atoms with Crippen LogP contribution in [0, 0.1) is 5.82 Å². The lowest BCUT2D eigenvalue weighted by Gasteiger charge is -2.24. The van der Waals surface area contributed by atoms with Gasteiger partial charge in [0.2, 0.25) is 0 Å². The highest BCUT2D eigenvalue weighted by Crippen LogP contribution is 2.24. The minimum Gasteiger partial charge on any atom is -0.377 e. The number of hydrogen-bond donors (Lipinski definition) is 1. The van der Waals surface area contributed by atoms with E-state index >= 15 is 0 Å². The van der Waals surface area contributed by atoms with E-state index in [4.69, 9.17) is 10.5 Å². The third-order valence-electron chi connectivity index (χ3n) is 3.37. The molecule has 114 valence electrons. The molecule has 0 heterocycles. The van der Waals surface area contributed by atoms with E-state index in [9.17, 15) is 4.39 Å². The summed E-state index contributed by atoms with van der Waals surface area (Å²) < 4.78 is 19.6. The molecular weight excluding hydrogens is 255 g/mol. The highest BCUT2D eigenvalue weighted by molar-refractivity contribution is 5.54. The maximum atomic E-state index is 14.0. The first-order chi connectivity index (χ1) is 9.45. The molecule has 3 nitrogen and oxygen atoms in total. The van der Waals surface area contributed by atoms with Crippen molar-refractivity contribution in [2.75, 3.05) is 25.1 Å². The number of nitrogens with two attached hydrogens (primary N) is 1. The van der Waals surface area contributed by atoms with E-state index in [0.29, 0.717) is 18.6 Å². The molecule has 1 aromatic carbocycles. The van der Waals surface area contributed by atoms with Gasteiger partial charge in [0.25, 0.3) is 0 Å². The first-order valence-corrected chi connectivity index (χ1v) is 7.31. The molecule has 0 aromatic heterocycles. The fraction of sp³-hybridized carbons (Fsp3) is 0.625. The molecule has 0 aliphatic heterocycles. The van der Waals surface area contributed by atoms with Gasteiger partial charge >= 0.3 is 0 Å². The van der Waals surface area contributed by atoms with Crippen molar-refractivity contribution in [3.05, 3.63) is 29.6 Å². The van der Waals surface area contributed by atoms with E-state index in [1.165, 1.54) is 6.07 Å². The second kappa shape index (κ2) is 8.22. The van der Waals surface area contributed by atoms with Crippen molar-refractivity contribution >= 4 is 5.69 Å². The van der Waals surface area contributed by atoms with Gasteiger partial charge in [-0.2, -0.15) is 0 Å². The largest absolute Gasteiger partial charge is 0.377 e. The molecule has 0 fully saturated rings. The predicted molar refractivity (Wildman–Crippen MR) is 82.7 cm³/mol. The summed E-state index contributed by atoms with van der Waals surface area (Å²) in [7, 11) is 1.96. The van der Waals surface area contributed by atoms with Gasteiger partial charge in [0.15, 0.2) is 0 Å². The third-order valence-corrected chi connectivity index (χ3v) is 3.37. The molecule has 20 heavy (non-hydrogen) atoms. The van der Waals surface area contributed by atoms with Gasteiger partial charge in [0, 0.05) is 30.9 Å². The van der Waals surface area contributed by atoms with E-state index in [1.807, 2.05) is 38.8 Å². The Labute approximate surface area is 121 Å². The lowest BCUT2D eigenvalue weighted by atomic mass is 10.0. The third kappa shape index (κ3) is 5.10. The smallest absolute Gasteiger partial charge is 0.128 e. The van der Waals surface area contributed by atoms with Gasteiger partial charge in [-0.1, -0.05) is 13.0 Å². The van der Waals surface area contributed by atoms with Gasteiger partial charge in [-0.05, 0) is 38.8 Å². The molecule has 0 amide bonds. The maximum absolute atomic E-state index is 14.0. The molecule has 1 atom stereocenters. The quantitative estimate of drug-likeness (QED) is 0.796. The van der Waals surface area contributed by atoms with Gasteiger partial charge in [-0.3, -0.25) is 0 Å². The summed E-state index contributed by atoms with van der Waals surface area (Å²) >= 11 is 0. The Hall–Kier alpha value is -1.13. The predicted octanol–water partition coefficient (Wildman–Crippen LogP) is 2.97. The molecule has 1 rings (SSSR count). The van der Waals surface area contributed by atoms with Crippen molar-refractivity contribution in [3.8, 4) is 0 Å². The zero-order chi connectivity index (χ0) is 15.1. The van der Waals surface area contributed by atoms with Crippen molar-refractivity contribution in [2.24, 2.45) is 5.73 Å². The van der Waals surface area contributed by atoms with Crippen LogP contribution >= 0.6 is 0 Å². The number of anilines is 1. The minimum atomic E-state index is -0.178. The van der Waals surface area contributed by atoms with E-state index in [0.717, 1.165) is 18.7 Å². The minimum absolute atomic E-state index is 0.00837. The van der Waals surface area contributed by atoms with E-state index in [-0.39, 0.29) is 18.0 Å². The van der Waals surface area contributed by atoms with E-state index < -0.39 is 0 Å². The highest BCUT2D eigenvalue weighted by Gasteiger charge is 2.14. The number of benzene rings is 1. The lowest BCUT2D eigenvalue weighted by molar-refractivity contribution is 0.0846. The average Bonchev–Trinajstić information content (AvgIpc) is 2.40. The molecule has 1 unspecified atom stereocenters. The zero-order valence-electron chi connectivity index (χ0n) is 13.0. The van der Waals surface area contributed by atoms with Gasteiger partial charge in [0.05, 0.1) is 12.7 Å². The SMILES string of the molecule is CCC(N)Cc1c(F)cccc1N(C)CCOC(C)C. The standard InChI is InChI=1S/C16H27FN2O/c1-5-13(18)11-14-15(17)7-6-8-16(14)19(4)9-10-20-12(2)3/h6-8,12-13H,5,9-11,18H2,1-4H3. The monoisotopic (exact) mass is 282 g/mol. The Morgan fingerprint density at radius 2 is 2.05 bits per heavy atom. The van der Waals surface area contributed by atoms with Crippen molar-refractivity contribution in [1.29, 1.82) is 0 Å². The van der Waals surface area contributed by atoms with Crippen LogP contribution in [0.4, 0.5) is 10.1 Å². The number of hydrogen-bond acceptors (Lipinski definition) is 3. The van der Waals surface area contributed by atoms with Crippen LogP contribution in [0.15, 0.2) is 18.2 Å². The highest BCUT2D eigenvalue weighted by atomic mass is 19.1. The van der Waals surface area contributed by atoms with E-state index in [2.05, 4.69) is 0 Å².